The van der Waals surface area contributed by atoms with E-state index in [1.807, 2.05) is 39.0 Å². The zero-order chi connectivity index (χ0) is 23.9. The number of aromatic hydroxyl groups is 1. The summed E-state index contributed by atoms with van der Waals surface area (Å²) in [4.78, 5) is 28.1. The first-order valence-electron chi connectivity index (χ1n) is 10.6. The van der Waals surface area contributed by atoms with E-state index in [1.54, 1.807) is 30.3 Å². The molecule has 6 heteroatoms. The van der Waals surface area contributed by atoms with Gasteiger partial charge in [0.05, 0.1) is 24.3 Å². The van der Waals surface area contributed by atoms with Crippen LogP contribution in [0.5, 0.6) is 11.5 Å². The quantitative estimate of drug-likeness (QED) is 0.338. The number of ketones is 1. The Labute approximate surface area is 192 Å². The second kappa shape index (κ2) is 8.47. The minimum atomic E-state index is -0.878. The van der Waals surface area contributed by atoms with E-state index in [9.17, 15) is 19.8 Å². The molecule has 0 aliphatic carbocycles. The van der Waals surface area contributed by atoms with Crippen LogP contribution in [0.1, 0.15) is 33.9 Å². The van der Waals surface area contributed by atoms with Crippen molar-refractivity contribution in [3.63, 3.8) is 0 Å². The second-order valence-corrected chi connectivity index (χ2v) is 8.18. The first-order chi connectivity index (χ1) is 15.7. The molecule has 168 valence electrons. The highest BCUT2D eigenvalue weighted by Crippen LogP contribution is 2.44. The lowest BCUT2D eigenvalue weighted by Gasteiger charge is -2.27. The zero-order valence-electron chi connectivity index (χ0n) is 18.9. The standard InChI is InChI=1S/C27H25NO5/c1-15-8-13-22(33-4)20(14-15)25(30)23-24(18-9-11-19(29)12-10-18)28(27(32)26(23)31)21-7-5-6-16(2)17(21)3/h5-14,24,29-30H,1-4H3/b25-23+. The number of ether oxygens (including phenoxy) is 1. The number of amides is 1. The summed E-state index contributed by atoms with van der Waals surface area (Å²) >= 11 is 0. The molecule has 1 amide bonds. The summed E-state index contributed by atoms with van der Waals surface area (Å²) in [5, 5.41) is 21.2. The third-order valence-electron chi connectivity index (χ3n) is 6.10. The highest BCUT2D eigenvalue weighted by molar-refractivity contribution is 6.51. The first-order valence-corrected chi connectivity index (χ1v) is 10.6. The molecule has 0 bridgehead atoms. The summed E-state index contributed by atoms with van der Waals surface area (Å²) in [7, 11) is 1.48. The molecule has 3 aromatic rings. The van der Waals surface area contributed by atoms with E-state index in [-0.39, 0.29) is 17.1 Å². The number of carbonyl (C=O) groups excluding carboxylic acids is 2. The average molecular weight is 443 g/mol. The van der Waals surface area contributed by atoms with Crippen molar-refractivity contribution >= 4 is 23.1 Å². The van der Waals surface area contributed by atoms with E-state index in [2.05, 4.69) is 0 Å². The predicted molar refractivity (Wildman–Crippen MR) is 127 cm³/mol. The molecule has 3 aromatic carbocycles. The fourth-order valence-electron chi connectivity index (χ4n) is 4.20. The number of anilines is 1. The third kappa shape index (κ3) is 3.74. The molecule has 1 fully saturated rings. The maximum Gasteiger partial charge on any atom is 0.300 e. The molecular weight excluding hydrogens is 418 g/mol. The number of methoxy groups -OCH3 is 1. The number of hydrogen-bond acceptors (Lipinski definition) is 5. The van der Waals surface area contributed by atoms with Crippen LogP contribution in [0.25, 0.3) is 5.76 Å². The molecule has 1 heterocycles. The number of aryl methyl sites for hydroxylation is 2. The summed E-state index contributed by atoms with van der Waals surface area (Å²) in [6, 6.07) is 16.2. The summed E-state index contributed by atoms with van der Waals surface area (Å²) in [5.74, 6) is -1.37. The highest BCUT2D eigenvalue weighted by Gasteiger charge is 2.47. The smallest absolute Gasteiger partial charge is 0.300 e. The van der Waals surface area contributed by atoms with Crippen LogP contribution in [0.4, 0.5) is 5.69 Å². The number of rotatable bonds is 4. The monoisotopic (exact) mass is 443 g/mol. The minimum absolute atomic E-state index is 0.0319. The van der Waals surface area contributed by atoms with Gasteiger partial charge in [0.1, 0.15) is 17.3 Å². The van der Waals surface area contributed by atoms with Gasteiger partial charge in [-0.25, -0.2) is 0 Å². The number of aliphatic hydroxyl groups is 1. The zero-order valence-corrected chi connectivity index (χ0v) is 18.9. The van der Waals surface area contributed by atoms with E-state index in [4.69, 9.17) is 4.74 Å². The molecule has 2 N–H and O–H groups in total. The Kier molecular flexibility index (Phi) is 5.68. The number of hydrogen-bond donors (Lipinski definition) is 2. The van der Waals surface area contributed by atoms with Gasteiger partial charge in [-0.05, 0) is 67.8 Å². The molecule has 6 nitrogen and oxygen atoms in total. The van der Waals surface area contributed by atoms with Gasteiger partial charge in [-0.1, -0.05) is 35.9 Å². The van der Waals surface area contributed by atoms with Gasteiger partial charge in [0.25, 0.3) is 11.7 Å². The van der Waals surface area contributed by atoms with E-state index >= 15 is 0 Å². The van der Waals surface area contributed by atoms with Gasteiger partial charge in [-0.3, -0.25) is 14.5 Å². The van der Waals surface area contributed by atoms with Gasteiger partial charge < -0.3 is 14.9 Å². The van der Waals surface area contributed by atoms with Crippen molar-refractivity contribution in [1.82, 2.24) is 0 Å². The molecule has 0 spiro atoms. The van der Waals surface area contributed by atoms with Crippen LogP contribution in [0.2, 0.25) is 0 Å². The fourth-order valence-corrected chi connectivity index (χ4v) is 4.20. The second-order valence-electron chi connectivity index (χ2n) is 8.18. The maximum absolute atomic E-state index is 13.3. The molecule has 33 heavy (non-hydrogen) atoms. The molecule has 1 atom stereocenters. The van der Waals surface area contributed by atoms with Crippen molar-refractivity contribution in [2.75, 3.05) is 12.0 Å². The highest BCUT2D eigenvalue weighted by atomic mass is 16.5. The van der Waals surface area contributed by atoms with Crippen LogP contribution in [-0.2, 0) is 9.59 Å². The van der Waals surface area contributed by atoms with Crippen molar-refractivity contribution in [2.45, 2.75) is 26.8 Å². The molecule has 1 aliphatic heterocycles. The first kappa shape index (κ1) is 22.1. The van der Waals surface area contributed by atoms with Gasteiger partial charge in [-0.2, -0.15) is 0 Å². The summed E-state index contributed by atoms with van der Waals surface area (Å²) < 4.78 is 5.41. The molecule has 0 aromatic heterocycles. The van der Waals surface area contributed by atoms with Crippen molar-refractivity contribution in [2.24, 2.45) is 0 Å². The Bertz CT molecular complexity index is 1290. The van der Waals surface area contributed by atoms with Crippen LogP contribution in [0.3, 0.4) is 0 Å². The van der Waals surface area contributed by atoms with Crippen molar-refractivity contribution in [3.8, 4) is 11.5 Å². The Morgan fingerprint density at radius 3 is 2.33 bits per heavy atom. The van der Waals surface area contributed by atoms with Crippen LogP contribution < -0.4 is 9.64 Å². The van der Waals surface area contributed by atoms with Crippen LogP contribution >= 0.6 is 0 Å². The molecule has 1 unspecified atom stereocenters. The Hall–Kier alpha value is -4.06. The average Bonchev–Trinajstić information content (AvgIpc) is 3.06. The largest absolute Gasteiger partial charge is 0.508 e. The number of phenols is 1. The molecule has 1 saturated heterocycles. The lowest BCUT2D eigenvalue weighted by atomic mass is 9.94. The molecule has 0 saturated carbocycles. The van der Waals surface area contributed by atoms with Crippen LogP contribution in [0.15, 0.2) is 66.2 Å². The Balaban J connectivity index is 2.02. The summed E-state index contributed by atoms with van der Waals surface area (Å²) in [6.07, 6.45) is 0. The number of nitrogens with zero attached hydrogens (tertiary/aromatic N) is 1. The summed E-state index contributed by atoms with van der Waals surface area (Å²) in [5.41, 5.74) is 4.17. The van der Waals surface area contributed by atoms with E-state index in [1.165, 1.54) is 24.1 Å². The Morgan fingerprint density at radius 2 is 1.67 bits per heavy atom. The molecule has 0 radical (unpaired) electrons. The van der Waals surface area contributed by atoms with Gasteiger partial charge >= 0.3 is 0 Å². The van der Waals surface area contributed by atoms with Gasteiger partial charge in [0.15, 0.2) is 0 Å². The topological polar surface area (TPSA) is 87.1 Å². The number of Topliss-reactive ketones (excluding diaryl/α,β-unsaturated/α-hetero) is 1. The van der Waals surface area contributed by atoms with E-state index in [0.717, 1.165) is 16.7 Å². The van der Waals surface area contributed by atoms with E-state index in [0.29, 0.717) is 22.6 Å². The van der Waals surface area contributed by atoms with Gasteiger partial charge in [-0.15, -0.1) is 0 Å². The molecule has 4 rings (SSSR count). The van der Waals surface area contributed by atoms with Gasteiger partial charge in [0.2, 0.25) is 0 Å². The molecular formula is C27H25NO5. The van der Waals surface area contributed by atoms with Crippen LogP contribution in [-0.4, -0.2) is 29.0 Å². The lowest BCUT2D eigenvalue weighted by Crippen LogP contribution is -2.30. The Morgan fingerprint density at radius 1 is 0.970 bits per heavy atom. The number of carbonyl (C=O) groups is 2. The maximum atomic E-state index is 13.3. The fraction of sp³-hybridized carbons (Fsp3) is 0.185. The van der Waals surface area contributed by atoms with Crippen molar-refractivity contribution in [3.05, 3.63) is 94.1 Å². The SMILES string of the molecule is COc1ccc(C)cc1/C(O)=C1\C(=O)C(=O)N(c2cccc(C)c2C)C1c1ccc(O)cc1. The van der Waals surface area contributed by atoms with Crippen LogP contribution in [0, 0.1) is 20.8 Å². The lowest BCUT2D eigenvalue weighted by molar-refractivity contribution is -0.132. The molecule has 1 aliphatic rings. The third-order valence-corrected chi connectivity index (χ3v) is 6.10. The number of benzene rings is 3. The minimum Gasteiger partial charge on any atom is -0.508 e. The number of aliphatic hydroxyl groups excluding tert-OH is 1. The van der Waals surface area contributed by atoms with E-state index < -0.39 is 17.7 Å². The van der Waals surface area contributed by atoms with Gasteiger partial charge in [0, 0.05) is 5.69 Å². The predicted octanol–water partition coefficient (Wildman–Crippen LogP) is 4.95. The van der Waals surface area contributed by atoms with Crippen molar-refractivity contribution < 1.29 is 24.5 Å². The summed E-state index contributed by atoms with van der Waals surface area (Å²) in [6.45, 7) is 5.69. The normalized spacial score (nSPS) is 17.5. The van der Waals surface area contributed by atoms with Crippen molar-refractivity contribution in [1.29, 1.82) is 0 Å². The number of phenolic OH excluding ortho intramolecular Hbond substituents is 1.